The summed E-state index contributed by atoms with van der Waals surface area (Å²) in [5.41, 5.74) is 2.48. The molecule has 1 aliphatic heterocycles. The zero-order valence-corrected chi connectivity index (χ0v) is 13.7. The lowest BCUT2D eigenvalue weighted by atomic mass is 9.76. The van der Waals surface area contributed by atoms with Gasteiger partial charge >= 0.3 is 0 Å². The maximum Gasteiger partial charge on any atom is 0.254 e. The largest absolute Gasteiger partial charge is 0.343 e. The standard InChI is InChI=1S/C18H20N4O2/c1-12(23)22-9-6-18(7-10-22)5-4-14-15(18)20-16(21-17(14)24)13-3-2-8-19-11-13/h2-3,8,11H,4-7,9-10H2,1H3,(H,20,21,24). The quantitative estimate of drug-likeness (QED) is 0.865. The predicted octanol–water partition coefficient (Wildman–Crippen LogP) is 1.66. The normalized spacial score (nSPS) is 18.6. The lowest BCUT2D eigenvalue weighted by Gasteiger charge is -2.39. The van der Waals surface area contributed by atoms with E-state index in [0.717, 1.165) is 55.6 Å². The van der Waals surface area contributed by atoms with Crippen LogP contribution in [-0.2, 0) is 16.6 Å². The number of hydrogen-bond acceptors (Lipinski definition) is 4. The number of H-pyrrole nitrogens is 1. The fourth-order valence-electron chi connectivity index (χ4n) is 4.03. The van der Waals surface area contributed by atoms with Crippen molar-refractivity contribution in [2.45, 2.75) is 38.0 Å². The van der Waals surface area contributed by atoms with Crippen LogP contribution >= 0.6 is 0 Å². The number of nitrogens with one attached hydrogen (secondary N) is 1. The molecular formula is C18H20N4O2. The van der Waals surface area contributed by atoms with Gasteiger partial charge < -0.3 is 9.88 Å². The maximum atomic E-state index is 12.5. The van der Waals surface area contributed by atoms with Crippen molar-refractivity contribution in [1.29, 1.82) is 0 Å². The fraction of sp³-hybridized carbons (Fsp3) is 0.444. The third kappa shape index (κ3) is 2.33. The van der Waals surface area contributed by atoms with Crippen molar-refractivity contribution in [3.05, 3.63) is 46.1 Å². The number of likely N-dealkylation sites (tertiary alicyclic amines) is 1. The molecule has 0 radical (unpaired) electrons. The van der Waals surface area contributed by atoms with Gasteiger partial charge in [-0.3, -0.25) is 14.6 Å². The number of piperidine rings is 1. The maximum absolute atomic E-state index is 12.5. The molecule has 0 bridgehead atoms. The zero-order chi connectivity index (χ0) is 16.7. The van der Waals surface area contributed by atoms with Crippen molar-refractivity contribution >= 4 is 5.91 Å². The molecule has 0 unspecified atom stereocenters. The van der Waals surface area contributed by atoms with Gasteiger partial charge in [0, 0.05) is 48.9 Å². The van der Waals surface area contributed by atoms with E-state index >= 15 is 0 Å². The van der Waals surface area contributed by atoms with E-state index in [-0.39, 0.29) is 16.9 Å². The highest BCUT2D eigenvalue weighted by molar-refractivity contribution is 5.73. The summed E-state index contributed by atoms with van der Waals surface area (Å²) in [5.74, 6) is 0.708. The van der Waals surface area contributed by atoms with Crippen LogP contribution in [0.3, 0.4) is 0 Å². The number of amides is 1. The number of carbonyl (C=O) groups is 1. The lowest BCUT2D eigenvalue weighted by Crippen LogP contribution is -2.44. The van der Waals surface area contributed by atoms with E-state index in [0.29, 0.717) is 5.82 Å². The van der Waals surface area contributed by atoms with Gasteiger partial charge in [-0.2, -0.15) is 0 Å². The Morgan fingerprint density at radius 3 is 2.75 bits per heavy atom. The van der Waals surface area contributed by atoms with Gasteiger partial charge in [-0.05, 0) is 37.8 Å². The average molecular weight is 324 g/mol. The van der Waals surface area contributed by atoms with Crippen molar-refractivity contribution in [2.24, 2.45) is 0 Å². The first-order valence-corrected chi connectivity index (χ1v) is 8.39. The van der Waals surface area contributed by atoms with E-state index in [2.05, 4.69) is 9.97 Å². The Bertz CT molecular complexity index is 836. The van der Waals surface area contributed by atoms with Crippen molar-refractivity contribution in [3.63, 3.8) is 0 Å². The van der Waals surface area contributed by atoms with E-state index in [4.69, 9.17) is 4.98 Å². The molecule has 3 heterocycles. The topological polar surface area (TPSA) is 79.0 Å². The fourth-order valence-corrected chi connectivity index (χ4v) is 4.03. The van der Waals surface area contributed by atoms with Crippen LogP contribution in [0.1, 0.15) is 37.4 Å². The van der Waals surface area contributed by atoms with Crippen molar-refractivity contribution in [1.82, 2.24) is 19.9 Å². The molecule has 1 fully saturated rings. The van der Waals surface area contributed by atoms with E-state index in [9.17, 15) is 9.59 Å². The van der Waals surface area contributed by atoms with Gasteiger partial charge in [0.15, 0.2) is 0 Å². The molecule has 2 aliphatic rings. The van der Waals surface area contributed by atoms with Gasteiger partial charge in [-0.1, -0.05) is 0 Å². The van der Waals surface area contributed by atoms with Crippen LogP contribution in [0.25, 0.3) is 11.4 Å². The molecule has 0 saturated carbocycles. The molecule has 6 nitrogen and oxygen atoms in total. The molecular weight excluding hydrogens is 304 g/mol. The SMILES string of the molecule is CC(=O)N1CCC2(CCc3c2nc(-c2cccnc2)[nH]c3=O)CC1. The smallest absolute Gasteiger partial charge is 0.254 e. The second-order valence-corrected chi connectivity index (χ2v) is 6.77. The van der Waals surface area contributed by atoms with E-state index in [1.54, 1.807) is 19.3 Å². The highest BCUT2D eigenvalue weighted by Crippen LogP contribution is 2.44. The second kappa shape index (κ2) is 5.54. The van der Waals surface area contributed by atoms with Crippen LogP contribution < -0.4 is 5.56 Å². The Kier molecular flexibility index (Phi) is 3.48. The van der Waals surface area contributed by atoms with Crippen LogP contribution in [0.5, 0.6) is 0 Å². The Morgan fingerprint density at radius 2 is 2.08 bits per heavy atom. The summed E-state index contributed by atoms with van der Waals surface area (Å²) in [6.45, 7) is 3.10. The third-order valence-electron chi connectivity index (χ3n) is 5.47. The number of aromatic amines is 1. The van der Waals surface area contributed by atoms with Gasteiger partial charge in [0.2, 0.25) is 5.91 Å². The van der Waals surface area contributed by atoms with Crippen LogP contribution in [0, 0.1) is 0 Å². The number of hydrogen-bond donors (Lipinski definition) is 1. The summed E-state index contributed by atoms with van der Waals surface area (Å²) in [6, 6.07) is 3.74. The number of rotatable bonds is 1. The van der Waals surface area contributed by atoms with Crippen molar-refractivity contribution in [3.8, 4) is 11.4 Å². The molecule has 1 spiro atoms. The van der Waals surface area contributed by atoms with Gasteiger partial charge in [-0.15, -0.1) is 0 Å². The van der Waals surface area contributed by atoms with E-state index in [1.807, 2.05) is 17.0 Å². The Labute approximate surface area is 140 Å². The first kappa shape index (κ1) is 15.1. The second-order valence-electron chi connectivity index (χ2n) is 6.77. The molecule has 124 valence electrons. The third-order valence-corrected chi connectivity index (χ3v) is 5.47. The summed E-state index contributed by atoms with van der Waals surface area (Å²) in [4.78, 5) is 37.8. The molecule has 2 aromatic rings. The van der Waals surface area contributed by atoms with Gasteiger partial charge in [0.05, 0.1) is 5.69 Å². The number of fused-ring (bicyclic) bond motifs is 2. The molecule has 0 atom stereocenters. The van der Waals surface area contributed by atoms with Crippen LogP contribution in [-0.4, -0.2) is 38.8 Å². The van der Waals surface area contributed by atoms with Crippen molar-refractivity contribution < 1.29 is 4.79 Å². The molecule has 6 heteroatoms. The van der Waals surface area contributed by atoms with Crippen LogP contribution in [0.4, 0.5) is 0 Å². The summed E-state index contributed by atoms with van der Waals surface area (Å²) in [6.07, 6.45) is 6.88. The minimum atomic E-state index is -0.0630. The highest BCUT2D eigenvalue weighted by Gasteiger charge is 2.44. The monoisotopic (exact) mass is 324 g/mol. The molecule has 0 aromatic carbocycles. The van der Waals surface area contributed by atoms with Crippen molar-refractivity contribution in [2.75, 3.05) is 13.1 Å². The lowest BCUT2D eigenvalue weighted by molar-refractivity contribution is -0.130. The molecule has 4 rings (SSSR count). The van der Waals surface area contributed by atoms with Crippen LogP contribution in [0.15, 0.2) is 29.3 Å². The molecule has 1 saturated heterocycles. The number of nitrogens with zero attached hydrogens (tertiary/aromatic N) is 3. The Hall–Kier alpha value is -2.50. The number of aromatic nitrogens is 3. The minimum Gasteiger partial charge on any atom is -0.343 e. The van der Waals surface area contributed by atoms with Gasteiger partial charge in [0.25, 0.3) is 5.56 Å². The van der Waals surface area contributed by atoms with Crippen LogP contribution in [0.2, 0.25) is 0 Å². The Morgan fingerprint density at radius 1 is 1.29 bits per heavy atom. The van der Waals surface area contributed by atoms with Gasteiger partial charge in [0.1, 0.15) is 5.82 Å². The zero-order valence-electron chi connectivity index (χ0n) is 13.7. The summed E-state index contributed by atoms with van der Waals surface area (Å²) in [7, 11) is 0. The first-order valence-electron chi connectivity index (χ1n) is 8.39. The summed E-state index contributed by atoms with van der Waals surface area (Å²) < 4.78 is 0. The Balaban J connectivity index is 1.74. The predicted molar refractivity (Wildman–Crippen MR) is 89.6 cm³/mol. The minimum absolute atomic E-state index is 0.0373. The van der Waals surface area contributed by atoms with E-state index < -0.39 is 0 Å². The number of carbonyl (C=O) groups excluding carboxylic acids is 1. The highest BCUT2D eigenvalue weighted by atomic mass is 16.2. The summed E-state index contributed by atoms with van der Waals surface area (Å²) >= 11 is 0. The molecule has 1 N–H and O–H groups in total. The van der Waals surface area contributed by atoms with Gasteiger partial charge in [-0.25, -0.2) is 4.98 Å². The average Bonchev–Trinajstić information content (AvgIpc) is 2.95. The molecule has 2 aromatic heterocycles. The molecule has 24 heavy (non-hydrogen) atoms. The number of pyridine rings is 1. The molecule has 1 amide bonds. The molecule has 1 aliphatic carbocycles. The van der Waals surface area contributed by atoms with E-state index in [1.165, 1.54) is 0 Å². The first-order chi connectivity index (χ1) is 11.6. The summed E-state index contributed by atoms with van der Waals surface area (Å²) in [5, 5.41) is 0.